The van der Waals surface area contributed by atoms with Crippen LogP contribution in [0.1, 0.15) is 25.3 Å². The molecule has 0 unspecified atom stereocenters. The second kappa shape index (κ2) is 6.09. The summed E-state index contributed by atoms with van der Waals surface area (Å²) in [5.74, 6) is 2.03. The number of nitrogens with zero attached hydrogens (tertiary/aromatic N) is 4. The smallest absolute Gasteiger partial charge is 0.226 e. The van der Waals surface area contributed by atoms with Crippen LogP contribution in [0.2, 0.25) is 0 Å². The zero-order valence-electron chi connectivity index (χ0n) is 12.2. The molecule has 0 bridgehead atoms. The van der Waals surface area contributed by atoms with Crippen LogP contribution in [0.5, 0.6) is 5.88 Å². The largest absolute Gasteiger partial charge is 0.481 e. The number of methoxy groups -OCH3 is 1. The number of rotatable bonds is 5. The Morgan fingerprint density at radius 1 is 1.43 bits per heavy atom. The van der Waals surface area contributed by atoms with Crippen LogP contribution in [-0.4, -0.2) is 39.3 Å². The van der Waals surface area contributed by atoms with E-state index < -0.39 is 0 Å². The van der Waals surface area contributed by atoms with Crippen molar-refractivity contribution in [2.45, 2.75) is 32.0 Å². The average Bonchev–Trinajstić information content (AvgIpc) is 3.15. The molecule has 1 aliphatic rings. The maximum absolute atomic E-state index is 5.85. The molecule has 1 fully saturated rings. The maximum atomic E-state index is 5.85. The van der Waals surface area contributed by atoms with Crippen molar-refractivity contribution in [1.29, 1.82) is 0 Å². The minimum absolute atomic E-state index is 0.0882. The van der Waals surface area contributed by atoms with Gasteiger partial charge < -0.3 is 19.4 Å². The minimum Gasteiger partial charge on any atom is -0.481 e. The second-order valence-electron chi connectivity index (χ2n) is 4.82. The summed E-state index contributed by atoms with van der Waals surface area (Å²) in [6.45, 7) is 3.66. The van der Waals surface area contributed by atoms with Crippen LogP contribution in [0.3, 0.4) is 0 Å². The van der Waals surface area contributed by atoms with Crippen molar-refractivity contribution in [3.63, 3.8) is 0 Å². The summed E-state index contributed by atoms with van der Waals surface area (Å²) in [6.07, 6.45) is 6.25. The van der Waals surface area contributed by atoms with E-state index in [-0.39, 0.29) is 12.1 Å². The van der Waals surface area contributed by atoms with E-state index in [1.807, 2.05) is 6.20 Å². The van der Waals surface area contributed by atoms with Gasteiger partial charge in [-0.3, -0.25) is 0 Å². The molecule has 7 heteroatoms. The Hall–Kier alpha value is -2.15. The highest BCUT2D eigenvalue weighted by Crippen LogP contribution is 2.30. The van der Waals surface area contributed by atoms with Crippen molar-refractivity contribution < 1.29 is 9.47 Å². The first-order valence-corrected chi connectivity index (χ1v) is 7.08. The third-order valence-corrected chi connectivity index (χ3v) is 3.59. The van der Waals surface area contributed by atoms with E-state index in [1.54, 1.807) is 25.6 Å². The van der Waals surface area contributed by atoms with E-state index in [0.717, 1.165) is 18.8 Å². The highest BCUT2D eigenvalue weighted by molar-refractivity contribution is 5.30. The Balaban J connectivity index is 1.78. The quantitative estimate of drug-likeness (QED) is 0.902. The monoisotopic (exact) mass is 289 g/mol. The molecule has 1 N–H and O–H groups in total. The van der Waals surface area contributed by atoms with Gasteiger partial charge in [0.2, 0.25) is 11.8 Å². The highest BCUT2D eigenvalue weighted by atomic mass is 16.5. The Bertz CT molecular complexity index is 601. The Kier molecular flexibility index (Phi) is 4.01. The topological polar surface area (TPSA) is 74.1 Å². The fraction of sp³-hybridized carbons (Fsp3) is 0.500. The molecule has 112 valence electrons. The van der Waals surface area contributed by atoms with Gasteiger partial charge >= 0.3 is 0 Å². The summed E-state index contributed by atoms with van der Waals surface area (Å²) in [5, 5.41) is 3.32. The van der Waals surface area contributed by atoms with E-state index in [0.29, 0.717) is 18.4 Å². The molecule has 0 saturated carbocycles. The van der Waals surface area contributed by atoms with Crippen LogP contribution in [-0.2, 0) is 11.3 Å². The molecule has 0 amide bonds. The SMILES string of the molecule is CCn1ccnc1[C@H]1OCC[C@@H]1Nc1nccc(OC)n1. The van der Waals surface area contributed by atoms with Crippen LogP contribution in [0, 0.1) is 0 Å². The number of imidazole rings is 1. The summed E-state index contributed by atoms with van der Waals surface area (Å²) < 4.78 is 13.1. The van der Waals surface area contributed by atoms with Crippen LogP contribution < -0.4 is 10.1 Å². The number of hydrogen-bond donors (Lipinski definition) is 1. The zero-order valence-corrected chi connectivity index (χ0v) is 12.2. The van der Waals surface area contributed by atoms with Crippen molar-refractivity contribution in [3.05, 3.63) is 30.5 Å². The van der Waals surface area contributed by atoms with Gasteiger partial charge in [0.1, 0.15) is 11.9 Å². The lowest BCUT2D eigenvalue weighted by atomic mass is 10.1. The summed E-state index contributed by atoms with van der Waals surface area (Å²) >= 11 is 0. The molecule has 2 aromatic heterocycles. The van der Waals surface area contributed by atoms with Gasteiger partial charge in [0, 0.05) is 37.8 Å². The molecule has 0 aliphatic carbocycles. The fourth-order valence-corrected chi connectivity index (χ4v) is 2.53. The Labute approximate surface area is 123 Å². The van der Waals surface area contributed by atoms with E-state index in [4.69, 9.17) is 9.47 Å². The van der Waals surface area contributed by atoms with Gasteiger partial charge in [-0.1, -0.05) is 0 Å². The molecular formula is C14H19N5O2. The Morgan fingerprint density at radius 2 is 2.33 bits per heavy atom. The van der Waals surface area contributed by atoms with Crippen molar-refractivity contribution in [1.82, 2.24) is 19.5 Å². The van der Waals surface area contributed by atoms with Gasteiger partial charge in [-0.05, 0) is 13.3 Å². The van der Waals surface area contributed by atoms with Gasteiger partial charge in [-0.25, -0.2) is 9.97 Å². The van der Waals surface area contributed by atoms with Gasteiger partial charge in [-0.15, -0.1) is 0 Å². The van der Waals surface area contributed by atoms with E-state index in [2.05, 4.69) is 31.8 Å². The van der Waals surface area contributed by atoms with Crippen molar-refractivity contribution >= 4 is 5.95 Å². The van der Waals surface area contributed by atoms with E-state index >= 15 is 0 Å². The molecule has 21 heavy (non-hydrogen) atoms. The standard InChI is InChI=1S/C14H19N5O2/c1-3-19-8-7-15-13(19)12-10(5-9-21-12)17-14-16-6-4-11(18-14)20-2/h4,6-8,10,12H,3,5,9H2,1-2H3,(H,16,17,18)/t10-,12-/m0/s1. The van der Waals surface area contributed by atoms with Crippen molar-refractivity contribution in [2.24, 2.45) is 0 Å². The summed E-state index contributed by atoms with van der Waals surface area (Å²) in [6, 6.07) is 1.82. The third-order valence-electron chi connectivity index (χ3n) is 3.59. The fourth-order valence-electron chi connectivity index (χ4n) is 2.53. The lowest BCUT2D eigenvalue weighted by Crippen LogP contribution is -2.26. The van der Waals surface area contributed by atoms with Gasteiger partial charge in [0.05, 0.1) is 13.2 Å². The molecule has 0 radical (unpaired) electrons. The molecular weight excluding hydrogens is 270 g/mol. The molecule has 1 saturated heterocycles. The second-order valence-corrected chi connectivity index (χ2v) is 4.82. The summed E-state index contributed by atoms with van der Waals surface area (Å²) in [7, 11) is 1.59. The predicted octanol–water partition coefficient (Wildman–Crippen LogP) is 1.64. The number of nitrogens with one attached hydrogen (secondary N) is 1. The normalized spacial score (nSPS) is 21.4. The molecule has 0 spiro atoms. The van der Waals surface area contributed by atoms with E-state index in [9.17, 15) is 0 Å². The average molecular weight is 289 g/mol. The lowest BCUT2D eigenvalue weighted by Gasteiger charge is -2.20. The number of anilines is 1. The third kappa shape index (κ3) is 2.82. The van der Waals surface area contributed by atoms with Crippen LogP contribution in [0.15, 0.2) is 24.7 Å². The van der Waals surface area contributed by atoms with Gasteiger partial charge in [0.15, 0.2) is 0 Å². The van der Waals surface area contributed by atoms with Crippen LogP contribution >= 0.6 is 0 Å². The molecule has 3 rings (SSSR count). The Morgan fingerprint density at radius 3 is 3.14 bits per heavy atom. The van der Waals surface area contributed by atoms with E-state index in [1.165, 1.54) is 0 Å². The lowest BCUT2D eigenvalue weighted by molar-refractivity contribution is 0.0975. The predicted molar refractivity (Wildman–Crippen MR) is 77.2 cm³/mol. The minimum atomic E-state index is -0.0882. The number of ether oxygens (including phenoxy) is 2. The summed E-state index contributed by atoms with van der Waals surface area (Å²) in [5.41, 5.74) is 0. The van der Waals surface area contributed by atoms with Gasteiger partial charge in [0.25, 0.3) is 0 Å². The first kappa shape index (κ1) is 13.8. The van der Waals surface area contributed by atoms with Crippen molar-refractivity contribution in [3.8, 4) is 5.88 Å². The molecule has 0 aromatic carbocycles. The van der Waals surface area contributed by atoms with Crippen LogP contribution in [0.4, 0.5) is 5.95 Å². The first-order valence-electron chi connectivity index (χ1n) is 7.08. The molecule has 2 aromatic rings. The zero-order chi connectivity index (χ0) is 14.7. The number of hydrogen-bond acceptors (Lipinski definition) is 6. The molecule has 2 atom stereocenters. The first-order chi connectivity index (χ1) is 10.3. The number of aryl methyl sites for hydroxylation is 1. The van der Waals surface area contributed by atoms with Crippen molar-refractivity contribution in [2.75, 3.05) is 19.0 Å². The van der Waals surface area contributed by atoms with Crippen LogP contribution in [0.25, 0.3) is 0 Å². The highest BCUT2D eigenvalue weighted by Gasteiger charge is 2.33. The van der Waals surface area contributed by atoms with Gasteiger partial charge in [-0.2, -0.15) is 4.98 Å². The maximum Gasteiger partial charge on any atom is 0.226 e. The number of aromatic nitrogens is 4. The molecule has 7 nitrogen and oxygen atoms in total. The summed E-state index contributed by atoms with van der Waals surface area (Å²) in [4.78, 5) is 12.9. The molecule has 1 aliphatic heterocycles. The molecule has 3 heterocycles.